The Bertz CT molecular complexity index is 1150. The van der Waals surface area contributed by atoms with Crippen molar-refractivity contribution in [3.8, 4) is 11.5 Å². The Labute approximate surface area is 190 Å². The van der Waals surface area contributed by atoms with Gasteiger partial charge >= 0.3 is 0 Å². The van der Waals surface area contributed by atoms with Crippen LogP contribution in [0.5, 0.6) is 11.5 Å². The molecule has 164 valence electrons. The summed E-state index contributed by atoms with van der Waals surface area (Å²) >= 11 is 1.57. The Hall–Kier alpha value is -3.32. The summed E-state index contributed by atoms with van der Waals surface area (Å²) in [4.78, 5) is 18.5. The van der Waals surface area contributed by atoms with Gasteiger partial charge in [-0.2, -0.15) is 0 Å². The van der Waals surface area contributed by atoms with E-state index >= 15 is 0 Å². The summed E-state index contributed by atoms with van der Waals surface area (Å²) in [5.74, 6) is 0.385. The molecular weight excluding hydrogens is 427 g/mol. The molecule has 1 aliphatic heterocycles. The van der Waals surface area contributed by atoms with Gasteiger partial charge in [0.25, 0.3) is 0 Å². The van der Waals surface area contributed by atoms with E-state index in [4.69, 9.17) is 14.5 Å². The number of ether oxygens (including phenoxy) is 2. The average Bonchev–Trinajstić information content (AvgIpc) is 2.82. The second kappa shape index (κ2) is 9.87. The van der Waals surface area contributed by atoms with Crippen molar-refractivity contribution in [3.63, 3.8) is 0 Å². The lowest BCUT2D eigenvalue weighted by atomic mass is 10.0. The molecule has 1 atom stereocenters. The number of carbonyl (C=O) groups is 1. The third kappa shape index (κ3) is 4.94. The summed E-state index contributed by atoms with van der Waals surface area (Å²) < 4.78 is 24.6. The molecule has 0 bridgehead atoms. The lowest BCUT2D eigenvalue weighted by molar-refractivity contribution is -0.121. The number of thioether (sulfide) groups is 1. The van der Waals surface area contributed by atoms with Crippen LogP contribution in [0.2, 0.25) is 0 Å². The van der Waals surface area contributed by atoms with Crippen molar-refractivity contribution in [1.82, 2.24) is 5.32 Å². The van der Waals surface area contributed by atoms with E-state index < -0.39 is 5.82 Å². The van der Waals surface area contributed by atoms with Crippen LogP contribution in [-0.4, -0.2) is 31.1 Å². The summed E-state index contributed by atoms with van der Waals surface area (Å²) in [5, 5.41) is 2.73. The quantitative estimate of drug-likeness (QED) is 0.541. The maximum atomic E-state index is 14.4. The molecule has 3 aromatic rings. The van der Waals surface area contributed by atoms with Crippen LogP contribution in [0, 0.1) is 5.82 Å². The van der Waals surface area contributed by atoms with Crippen LogP contribution < -0.4 is 14.8 Å². The largest absolute Gasteiger partial charge is 0.497 e. The van der Waals surface area contributed by atoms with E-state index in [0.29, 0.717) is 17.8 Å². The molecular formula is C25H23FN2O3S. The average molecular weight is 451 g/mol. The Morgan fingerprint density at radius 1 is 1.06 bits per heavy atom. The minimum absolute atomic E-state index is 0.0978. The number of aliphatic imine (C=N–C) groups is 1. The monoisotopic (exact) mass is 450 g/mol. The number of halogens is 1. The molecule has 1 heterocycles. The van der Waals surface area contributed by atoms with E-state index in [1.807, 2.05) is 48.5 Å². The first-order valence-corrected chi connectivity index (χ1v) is 11.0. The first-order valence-electron chi connectivity index (χ1n) is 10.1. The van der Waals surface area contributed by atoms with Crippen molar-refractivity contribution in [3.05, 3.63) is 83.7 Å². The van der Waals surface area contributed by atoms with Crippen LogP contribution >= 0.6 is 11.8 Å². The van der Waals surface area contributed by atoms with Crippen LogP contribution in [0.25, 0.3) is 0 Å². The minimum atomic E-state index is -0.459. The van der Waals surface area contributed by atoms with Crippen molar-refractivity contribution in [1.29, 1.82) is 0 Å². The molecule has 1 amide bonds. The molecule has 0 fully saturated rings. The fourth-order valence-corrected chi connectivity index (χ4v) is 4.69. The van der Waals surface area contributed by atoms with E-state index in [0.717, 1.165) is 21.9 Å². The van der Waals surface area contributed by atoms with Crippen molar-refractivity contribution >= 4 is 29.1 Å². The van der Waals surface area contributed by atoms with E-state index in [1.165, 1.54) is 13.2 Å². The van der Waals surface area contributed by atoms with Crippen LogP contribution in [0.15, 0.2) is 76.6 Å². The molecule has 0 saturated carbocycles. The summed E-state index contributed by atoms with van der Waals surface area (Å²) in [6.07, 6.45) is 0.224. The summed E-state index contributed by atoms with van der Waals surface area (Å²) in [6.45, 7) is 0.417. The first-order chi connectivity index (χ1) is 15.6. The predicted molar refractivity (Wildman–Crippen MR) is 125 cm³/mol. The highest BCUT2D eigenvalue weighted by atomic mass is 32.2. The topological polar surface area (TPSA) is 59.9 Å². The molecule has 3 aromatic carbocycles. The van der Waals surface area contributed by atoms with Gasteiger partial charge in [0.05, 0.1) is 30.9 Å². The Kier molecular flexibility index (Phi) is 6.75. The molecule has 1 N–H and O–H groups in total. The van der Waals surface area contributed by atoms with Gasteiger partial charge in [0.2, 0.25) is 5.91 Å². The van der Waals surface area contributed by atoms with E-state index in [-0.39, 0.29) is 23.3 Å². The summed E-state index contributed by atoms with van der Waals surface area (Å²) in [7, 11) is 3.04. The Morgan fingerprint density at radius 2 is 1.84 bits per heavy atom. The van der Waals surface area contributed by atoms with E-state index in [2.05, 4.69) is 5.32 Å². The van der Waals surface area contributed by atoms with Crippen molar-refractivity contribution in [2.75, 3.05) is 14.2 Å². The van der Waals surface area contributed by atoms with Gasteiger partial charge in [-0.05, 0) is 48.0 Å². The van der Waals surface area contributed by atoms with Crippen LogP contribution in [0.1, 0.15) is 17.5 Å². The molecule has 0 radical (unpaired) electrons. The van der Waals surface area contributed by atoms with Crippen LogP contribution in [-0.2, 0) is 11.3 Å². The molecule has 0 saturated heterocycles. The molecule has 7 heteroatoms. The second-order valence-electron chi connectivity index (χ2n) is 7.25. The predicted octanol–water partition coefficient (Wildman–Crippen LogP) is 5.14. The third-order valence-corrected chi connectivity index (χ3v) is 6.42. The zero-order chi connectivity index (χ0) is 22.5. The number of rotatable bonds is 7. The SMILES string of the molecule is COc1ccc(CNC(=O)C[C@H]2Sc3ccccc3N=C2c2ccc(OC)c(F)c2)cc1. The summed E-state index contributed by atoms with van der Waals surface area (Å²) in [6, 6.07) is 20.1. The van der Waals surface area contributed by atoms with Crippen LogP contribution in [0.4, 0.5) is 10.1 Å². The van der Waals surface area contributed by atoms with Gasteiger partial charge in [-0.15, -0.1) is 11.8 Å². The van der Waals surface area contributed by atoms with Gasteiger partial charge in [0.15, 0.2) is 11.6 Å². The standard InChI is InChI=1S/C25H23FN2O3S/c1-30-18-10-7-16(8-11-18)15-27-24(29)14-23-25(17-9-12-21(31-2)19(26)13-17)28-20-5-3-4-6-22(20)32-23/h3-13,23H,14-15H2,1-2H3,(H,27,29)/t23-/m1/s1. The van der Waals surface area contributed by atoms with Crippen molar-refractivity contribution in [2.24, 2.45) is 4.99 Å². The molecule has 4 rings (SSSR count). The fourth-order valence-electron chi connectivity index (χ4n) is 3.46. The molecule has 32 heavy (non-hydrogen) atoms. The van der Waals surface area contributed by atoms with Gasteiger partial charge in [0.1, 0.15) is 5.75 Å². The smallest absolute Gasteiger partial charge is 0.221 e. The third-order valence-electron chi connectivity index (χ3n) is 5.15. The number of fused-ring (bicyclic) bond motifs is 1. The minimum Gasteiger partial charge on any atom is -0.497 e. The lowest BCUT2D eigenvalue weighted by Gasteiger charge is -2.24. The lowest BCUT2D eigenvalue weighted by Crippen LogP contribution is -2.31. The zero-order valence-electron chi connectivity index (χ0n) is 17.8. The maximum Gasteiger partial charge on any atom is 0.221 e. The van der Waals surface area contributed by atoms with Gasteiger partial charge < -0.3 is 14.8 Å². The normalized spacial score (nSPS) is 14.8. The molecule has 0 aromatic heterocycles. The number of carbonyl (C=O) groups excluding carboxylic acids is 1. The molecule has 1 aliphatic rings. The molecule has 5 nitrogen and oxygen atoms in total. The number of para-hydroxylation sites is 1. The highest BCUT2D eigenvalue weighted by Gasteiger charge is 2.28. The van der Waals surface area contributed by atoms with Gasteiger partial charge in [-0.1, -0.05) is 24.3 Å². The van der Waals surface area contributed by atoms with Gasteiger partial charge in [-0.25, -0.2) is 4.39 Å². The highest BCUT2D eigenvalue weighted by Crippen LogP contribution is 2.40. The Morgan fingerprint density at radius 3 is 2.56 bits per heavy atom. The maximum absolute atomic E-state index is 14.4. The number of benzene rings is 3. The van der Waals surface area contributed by atoms with E-state index in [9.17, 15) is 9.18 Å². The van der Waals surface area contributed by atoms with Crippen molar-refractivity contribution < 1.29 is 18.7 Å². The second-order valence-corrected chi connectivity index (χ2v) is 8.49. The van der Waals surface area contributed by atoms with Crippen molar-refractivity contribution in [2.45, 2.75) is 23.1 Å². The number of nitrogens with one attached hydrogen (secondary N) is 1. The Balaban J connectivity index is 1.52. The number of hydrogen-bond acceptors (Lipinski definition) is 5. The molecule has 0 unspecified atom stereocenters. The van der Waals surface area contributed by atoms with Crippen LogP contribution in [0.3, 0.4) is 0 Å². The van der Waals surface area contributed by atoms with Gasteiger partial charge in [0, 0.05) is 23.4 Å². The number of methoxy groups -OCH3 is 2. The van der Waals surface area contributed by atoms with E-state index in [1.54, 1.807) is 31.0 Å². The molecule has 0 spiro atoms. The van der Waals surface area contributed by atoms with Gasteiger partial charge in [-0.3, -0.25) is 9.79 Å². The highest BCUT2D eigenvalue weighted by molar-refractivity contribution is 8.01. The number of amides is 1. The molecule has 0 aliphatic carbocycles. The first kappa shape index (κ1) is 21.9. The number of hydrogen-bond donors (Lipinski definition) is 1. The summed E-state index contributed by atoms with van der Waals surface area (Å²) in [5.41, 5.74) is 3.11. The number of nitrogens with zero attached hydrogens (tertiary/aromatic N) is 1. The zero-order valence-corrected chi connectivity index (χ0v) is 18.6. The fraction of sp³-hybridized carbons (Fsp3) is 0.200.